The van der Waals surface area contributed by atoms with E-state index in [0.717, 1.165) is 18.8 Å². The van der Waals surface area contributed by atoms with Crippen molar-refractivity contribution in [2.24, 2.45) is 5.92 Å². The highest BCUT2D eigenvalue weighted by molar-refractivity contribution is 4.70. The van der Waals surface area contributed by atoms with E-state index in [1.807, 2.05) is 0 Å². The molecule has 1 heteroatoms. The first-order chi connectivity index (χ1) is 7.85. The van der Waals surface area contributed by atoms with Gasteiger partial charge in [-0.1, -0.05) is 65.2 Å². The van der Waals surface area contributed by atoms with Crippen molar-refractivity contribution >= 4 is 0 Å². The van der Waals surface area contributed by atoms with Crippen LogP contribution in [0.4, 0.5) is 0 Å². The van der Waals surface area contributed by atoms with Gasteiger partial charge in [-0.05, 0) is 18.8 Å². The molecule has 0 aromatic carbocycles. The number of hydrogen-bond donors (Lipinski definition) is 0. The van der Waals surface area contributed by atoms with Gasteiger partial charge in [-0.3, -0.25) is 0 Å². The first-order valence-electron chi connectivity index (χ1n) is 7.22. The molecule has 0 saturated carbocycles. The second-order valence-electron chi connectivity index (χ2n) is 4.91. The molecular weight excluding hydrogens is 194 g/mol. The van der Waals surface area contributed by atoms with Gasteiger partial charge in [-0.2, -0.15) is 5.26 Å². The predicted molar refractivity (Wildman–Crippen MR) is 71.2 cm³/mol. The topological polar surface area (TPSA) is 23.8 Å². The van der Waals surface area contributed by atoms with Gasteiger partial charge in [0, 0.05) is 6.42 Å². The number of nitrogens with zero attached hydrogens (tertiary/aromatic N) is 1. The van der Waals surface area contributed by atoms with Crippen LogP contribution in [-0.2, 0) is 0 Å². The van der Waals surface area contributed by atoms with Crippen molar-refractivity contribution in [3.63, 3.8) is 0 Å². The minimum absolute atomic E-state index is 0.748. The molecule has 0 atom stereocenters. The van der Waals surface area contributed by atoms with Crippen LogP contribution in [0.1, 0.15) is 84.5 Å². The number of unbranched alkanes of at least 4 members (excludes halogenated alkanes) is 5. The monoisotopic (exact) mass is 223 g/mol. The molecule has 0 aliphatic carbocycles. The van der Waals surface area contributed by atoms with Crippen molar-refractivity contribution in [1.82, 2.24) is 0 Å². The summed E-state index contributed by atoms with van der Waals surface area (Å²) in [5.41, 5.74) is 0. The molecule has 0 spiro atoms. The lowest BCUT2D eigenvalue weighted by molar-refractivity contribution is 0.379. The molecule has 0 unspecified atom stereocenters. The van der Waals surface area contributed by atoms with Crippen LogP contribution in [-0.4, -0.2) is 0 Å². The largest absolute Gasteiger partial charge is 0.198 e. The summed E-state index contributed by atoms with van der Waals surface area (Å²) in [6, 6.07) is 2.26. The van der Waals surface area contributed by atoms with Crippen molar-refractivity contribution in [2.75, 3.05) is 0 Å². The van der Waals surface area contributed by atoms with E-state index >= 15 is 0 Å². The maximum absolute atomic E-state index is 8.56. The van der Waals surface area contributed by atoms with Crippen molar-refractivity contribution < 1.29 is 0 Å². The molecule has 0 heterocycles. The lowest BCUT2D eigenvalue weighted by Crippen LogP contribution is -2.01. The fourth-order valence-electron chi connectivity index (χ4n) is 2.27. The molecule has 0 aromatic rings. The van der Waals surface area contributed by atoms with Crippen LogP contribution in [0.25, 0.3) is 0 Å². The molecule has 0 saturated heterocycles. The summed E-state index contributed by atoms with van der Waals surface area (Å²) in [4.78, 5) is 0. The Bertz CT molecular complexity index is 159. The molecule has 0 radical (unpaired) electrons. The van der Waals surface area contributed by atoms with Gasteiger partial charge in [0.15, 0.2) is 0 Å². The number of rotatable bonds is 11. The van der Waals surface area contributed by atoms with Crippen LogP contribution < -0.4 is 0 Å². The highest BCUT2D eigenvalue weighted by Crippen LogP contribution is 2.22. The Balaban J connectivity index is 3.63. The van der Waals surface area contributed by atoms with Crippen LogP contribution in [0.15, 0.2) is 0 Å². The van der Waals surface area contributed by atoms with Gasteiger partial charge >= 0.3 is 0 Å². The highest BCUT2D eigenvalue weighted by Gasteiger charge is 2.07. The van der Waals surface area contributed by atoms with Gasteiger partial charge in [0.2, 0.25) is 0 Å². The van der Waals surface area contributed by atoms with Gasteiger partial charge in [0.25, 0.3) is 0 Å². The Morgan fingerprint density at radius 3 is 1.75 bits per heavy atom. The summed E-state index contributed by atoms with van der Waals surface area (Å²) in [7, 11) is 0. The molecule has 16 heavy (non-hydrogen) atoms. The van der Waals surface area contributed by atoms with E-state index in [9.17, 15) is 0 Å². The average Bonchev–Trinajstić information content (AvgIpc) is 2.29. The predicted octanol–water partition coefficient (Wildman–Crippen LogP) is 5.46. The van der Waals surface area contributed by atoms with E-state index in [1.165, 1.54) is 57.8 Å². The smallest absolute Gasteiger partial charge is 0.0621 e. The molecule has 0 amide bonds. The molecule has 0 bridgehead atoms. The van der Waals surface area contributed by atoms with Crippen LogP contribution in [0, 0.1) is 17.2 Å². The van der Waals surface area contributed by atoms with Crippen LogP contribution >= 0.6 is 0 Å². The third-order valence-corrected chi connectivity index (χ3v) is 3.33. The summed E-state index contributed by atoms with van der Waals surface area (Å²) in [6.45, 7) is 4.53. The third-order valence-electron chi connectivity index (χ3n) is 3.33. The number of hydrogen-bond acceptors (Lipinski definition) is 1. The van der Waals surface area contributed by atoms with Gasteiger partial charge in [-0.15, -0.1) is 0 Å². The highest BCUT2D eigenvalue weighted by atomic mass is 14.2. The van der Waals surface area contributed by atoms with Crippen LogP contribution in [0.2, 0.25) is 0 Å². The third kappa shape index (κ3) is 10.0. The van der Waals surface area contributed by atoms with E-state index in [0.29, 0.717) is 0 Å². The Morgan fingerprint density at radius 2 is 1.31 bits per heavy atom. The van der Waals surface area contributed by atoms with Crippen LogP contribution in [0.3, 0.4) is 0 Å². The summed E-state index contributed by atoms with van der Waals surface area (Å²) < 4.78 is 0. The van der Waals surface area contributed by atoms with Crippen molar-refractivity contribution in [3.8, 4) is 6.07 Å². The maximum Gasteiger partial charge on any atom is 0.0621 e. The van der Waals surface area contributed by atoms with E-state index in [4.69, 9.17) is 5.26 Å². The first kappa shape index (κ1) is 15.5. The van der Waals surface area contributed by atoms with Crippen molar-refractivity contribution in [3.05, 3.63) is 0 Å². The molecule has 0 fully saturated rings. The summed E-state index contributed by atoms with van der Waals surface area (Å²) >= 11 is 0. The summed E-state index contributed by atoms with van der Waals surface area (Å²) in [5, 5.41) is 8.56. The molecular formula is C15H29N. The van der Waals surface area contributed by atoms with E-state index in [-0.39, 0.29) is 0 Å². The first-order valence-corrected chi connectivity index (χ1v) is 7.22. The lowest BCUT2D eigenvalue weighted by atomic mass is 9.90. The zero-order valence-corrected chi connectivity index (χ0v) is 11.3. The fourth-order valence-corrected chi connectivity index (χ4v) is 2.27. The number of nitriles is 1. The summed E-state index contributed by atoms with van der Waals surface area (Å²) in [6.07, 6.45) is 14.1. The SMILES string of the molecule is CCCCCC(CCCC#N)CCCCC. The molecule has 0 N–H and O–H groups in total. The standard InChI is InChI=1S/C15H29N/c1-3-5-7-11-15(12-8-6-4-2)13-9-10-14-16/h15H,3-13H2,1-2H3. The lowest BCUT2D eigenvalue weighted by Gasteiger charge is -2.15. The molecule has 0 rings (SSSR count). The molecule has 0 aliphatic rings. The zero-order chi connectivity index (χ0) is 12.1. The second-order valence-corrected chi connectivity index (χ2v) is 4.91. The van der Waals surface area contributed by atoms with Gasteiger partial charge in [0.1, 0.15) is 0 Å². The minimum atomic E-state index is 0.748. The Morgan fingerprint density at radius 1 is 0.812 bits per heavy atom. The Labute approximate surface area is 102 Å². The summed E-state index contributed by atoms with van der Waals surface area (Å²) in [5.74, 6) is 0.895. The quantitative estimate of drug-likeness (QED) is 0.427. The fraction of sp³-hybridized carbons (Fsp3) is 0.933. The van der Waals surface area contributed by atoms with Crippen LogP contribution in [0.5, 0.6) is 0 Å². The van der Waals surface area contributed by atoms with E-state index in [2.05, 4.69) is 19.9 Å². The molecule has 0 aliphatic heterocycles. The zero-order valence-electron chi connectivity index (χ0n) is 11.3. The van der Waals surface area contributed by atoms with Crippen molar-refractivity contribution in [2.45, 2.75) is 84.5 Å². The average molecular weight is 223 g/mol. The second kappa shape index (κ2) is 12.6. The van der Waals surface area contributed by atoms with Gasteiger partial charge in [0.05, 0.1) is 6.07 Å². The maximum atomic E-state index is 8.56. The van der Waals surface area contributed by atoms with Gasteiger partial charge in [-0.25, -0.2) is 0 Å². The normalized spacial score (nSPS) is 10.6. The molecule has 1 nitrogen and oxygen atoms in total. The van der Waals surface area contributed by atoms with E-state index < -0.39 is 0 Å². The van der Waals surface area contributed by atoms with E-state index in [1.54, 1.807) is 0 Å². The molecule has 0 aromatic heterocycles. The Hall–Kier alpha value is -0.510. The van der Waals surface area contributed by atoms with Gasteiger partial charge < -0.3 is 0 Å². The Kier molecular flexibility index (Phi) is 12.2. The minimum Gasteiger partial charge on any atom is -0.198 e. The van der Waals surface area contributed by atoms with Crippen molar-refractivity contribution in [1.29, 1.82) is 5.26 Å². The molecule has 94 valence electrons.